The largest absolute Gasteiger partial charge is 0.507 e. The Morgan fingerprint density at radius 1 is 1.53 bits per heavy atom. The lowest BCUT2D eigenvalue weighted by molar-refractivity contribution is 0.0953. The Morgan fingerprint density at radius 3 is 2.87 bits per heavy atom. The molecule has 2 N–H and O–H groups in total. The number of aromatic hydroxyl groups is 1. The Hall–Kier alpha value is -0.300. The van der Waals surface area contributed by atoms with Gasteiger partial charge in [-0.1, -0.05) is 15.9 Å². The first-order valence-electron chi connectivity index (χ1n) is 4.48. The first-order valence-corrected chi connectivity index (χ1v) is 6.68. The molecule has 1 aromatic carbocycles. The van der Waals surface area contributed by atoms with Crippen molar-refractivity contribution in [3.63, 3.8) is 0 Å². The zero-order valence-corrected chi connectivity index (χ0v) is 11.7. The highest BCUT2D eigenvalue weighted by Gasteiger charge is 2.06. The van der Waals surface area contributed by atoms with Gasteiger partial charge >= 0.3 is 0 Å². The summed E-state index contributed by atoms with van der Waals surface area (Å²) >= 11 is 5.30. The molecule has 1 amide bonds. The van der Waals surface area contributed by atoms with E-state index in [-0.39, 0.29) is 11.7 Å². The van der Waals surface area contributed by atoms with Crippen LogP contribution >= 0.6 is 38.5 Å². The molecule has 0 saturated carbocycles. The minimum absolute atomic E-state index is 0.142. The van der Waals surface area contributed by atoms with E-state index in [4.69, 9.17) is 0 Å². The zero-order chi connectivity index (χ0) is 11.3. The maximum atomic E-state index is 11.5. The molecule has 0 unspecified atom stereocenters. The first kappa shape index (κ1) is 12.8. The number of phenols is 1. The molecule has 1 aromatic rings. The number of alkyl halides is 1. The molecule has 0 heterocycles. The van der Waals surface area contributed by atoms with E-state index in [0.717, 1.165) is 15.3 Å². The van der Waals surface area contributed by atoms with E-state index in [0.29, 0.717) is 12.1 Å². The van der Waals surface area contributed by atoms with Gasteiger partial charge in [-0.05, 0) is 47.2 Å². The standard InChI is InChI=1S/C10H11BrINO2/c11-4-1-5-13-10(15)7-2-3-8(12)9(14)6-7/h2-3,6,14H,1,4-5H2,(H,13,15). The Labute approximate surface area is 111 Å². The smallest absolute Gasteiger partial charge is 0.251 e. The van der Waals surface area contributed by atoms with Gasteiger partial charge in [0, 0.05) is 17.4 Å². The highest BCUT2D eigenvalue weighted by molar-refractivity contribution is 14.1. The molecule has 0 spiro atoms. The average molecular weight is 384 g/mol. The molecule has 82 valence electrons. The first-order chi connectivity index (χ1) is 7.15. The normalized spacial score (nSPS) is 10.0. The summed E-state index contributed by atoms with van der Waals surface area (Å²) in [5.74, 6) is -0.00797. The molecule has 3 nitrogen and oxygen atoms in total. The molecule has 5 heteroatoms. The number of hydrogen-bond donors (Lipinski definition) is 2. The van der Waals surface area contributed by atoms with Crippen LogP contribution in [0.15, 0.2) is 18.2 Å². The molecule has 1 rings (SSSR count). The minimum atomic E-state index is -0.150. The third-order valence-corrected chi connectivity index (χ3v) is 3.28. The van der Waals surface area contributed by atoms with Gasteiger partial charge in [-0.2, -0.15) is 0 Å². The van der Waals surface area contributed by atoms with Gasteiger partial charge in [0.2, 0.25) is 0 Å². The van der Waals surface area contributed by atoms with E-state index >= 15 is 0 Å². The van der Waals surface area contributed by atoms with Gasteiger partial charge in [0.05, 0.1) is 3.57 Å². The zero-order valence-electron chi connectivity index (χ0n) is 7.96. The van der Waals surface area contributed by atoms with Crippen molar-refractivity contribution in [2.24, 2.45) is 0 Å². The van der Waals surface area contributed by atoms with Crippen molar-refractivity contribution in [1.82, 2.24) is 5.32 Å². The predicted molar refractivity (Wildman–Crippen MR) is 71.6 cm³/mol. The van der Waals surface area contributed by atoms with Crippen LogP contribution in [0.2, 0.25) is 0 Å². The van der Waals surface area contributed by atoms with Crippen molar-refractivity contribution in [3.8, 4) is 5.75 Å². The number of nitrogens with one attached hydrogen (secondary N) is 1. The molecule has 0 saturated heterocycles. The van der Waals surface area contributed by atoms with Crippen LogP contribution in [0.4, 0.5) is 0 Å². The van der Waals surface area contributed by atoms with E-state index in [9.17, 15) is 9.90 Å². The van der Waals surface area contributed by atoms with Crippen molar-refractivity contribution in [3.05, 3.63) is 27.3 Å². The molecule has 0 aliphatic heterocycles. The Bertz CT molecular complexity index is 357. The predicted octanol–water partition coefficient (Wildman–Crippen LogP) is 2.51. The highest BCUT2D eigenvalue weighted by atomic mass is 127. The summed E-state index contributed by atoms with van der Waals surface area (Å²) in [7, 11) is 0. The maximum absolute atomic E-state index is 11.5. The van der Waals surface area contributed by atoms with Crippen LogP contribution in [0.3, 0.4) is 0 Å². The fourth-order valence-electron chi connectivity index (χ4n) is 1.02. The second-order valence-electron chi connectivity index (χ2n) is 2.96. The second-order valence-corrected chi connectivity index (χ2v) is 4.92. The number of amides is 1. The highest BCUT2D eigenvalue weighted by Crippen LogP contribution is 2.20. The Balaban J connectivity index is 2.62. The van der Waals surface area contributed by atoms with E-state index in [1.165, 1.54) is 6.07 Å². The average Bonchev–Trinajstić information content (AvgIpc) is 2.22. The van der Waals surface area contributed by atoms with Gasteiger partial charge in [0.25, 0.3) is 5.91 Å². The summed E-state index contributed by atoms with van der Waals surface area (Å²) in [5, 5.41) is 13.1. The number of phenolic OH excluding ortho intramolecular Hbond substituents is 1. The van der Waals surface area contributed by atoms with Crippen LogP contribution in [-0.4, -0.2) is 22.9 Å². The Morgan fingerprint density at radius 2 is 2.27 bits per heavy atom. The lowest BCUT2D eigenvalue weighted by Crippen LogP contribution is -2.24. The molecular weight excluding hydrogens is 373 g/mol. The lowest BCUT2D eigenvalue weighted by Gasteiger charge is -2.05. The number of carbonyl (C=O) groups is 1. The number of halogens is 2. The Kier molecular flexibility index (Phi) is 5.38. The molecule has 0 atom stereocenters. The van der Waals surface area contributed by atoms with Gasteiger partial charge in [0.15, 0.2) is 0 Å². The second kappa shape index (κ2) is 6.32. The monoisotopic (exact) mass is 383 g/mol. The molecular formula is C10H11BrINO2. The summed E-state index contributed by atoms with van der Waals surface area (Å²) < 4.78 is 0.740. The van der Waals surface area contributed by atoms with Gasteiger partial charge in [-0.3, -0.25) is 4.79 Å². The van der Waals surface area contributed by atoms with Crippen LogP contribution in [0, 0.1) is 3.57 Å². The van der Waals surface area contributed by atoms with Crippen LogP contribution in [0.1, 0.15) is 16.8 Å². The van der Waals surface area contributed by atoms with E-state index < -0.39 is 0 Å². The molecule has 0 aliphatic rings. The summed E-state index contributed by atoms with van der Waals surface area (Å²) in [6.07, 6.45) is 0.891. The number of benzene rings is 1. The fourth-order valence-corrected chi connectivity index (χ4v) is 1.64. The molecule has 15 heavy (non-hydrogen) atoms. The molecule has 0 radical (unpaired) electrons. The molecule has 0 aliphatic carbocycles. The summed E-state index contributed by atoms with van der Waals surface area (Å²) in [6.45, 7) is 0.636. The minimum Gasteiger partial charge on any atom is -0.507 e. The van der Waals surface area contributed by atoms with Gasteiger partial charge in [-0.25, -0.2) is 0 Å². The van der Waals surface area contributed by atoms with E-state index in [1.807, 2.05) is 22.6 Å². The van der Waals surface area contributed by atoms with Crippen molar-refractivity contribution in [2.45, 2.75) is 6.42 Å². The van der Waals surface area contributed by atoms with Crippen LogP contribution < -0.4 is 5.32 Å². The molecule has 0 bridgehead atoms. The summed E-state index contributed by atoms with van der Waals surface area (Å²) in [5.41, 5.74) is 0.488. The van der Waals surface area contributed by atoms with Crippen molar-refractivity contribution < 1.29 is 9.90 Å². The third kappa shape index (κ3) is 3.98. The topological polar surface area (TPSA) is 49.3 Å². The third-order valence-electron chi connectivity index (χ3n) is 1.80. The molecule has 0 fully saturated rings. The van der Waals surface area contributed by atoms with Gasteiger partial charge < -0.3 is 10.4 Å². The number of rotatable bonds is 4. The van der Waals surface area contributed by atoms with Crippen LogP contribution in [-0.2, 0) is 0 Å². The van der Waals surface area contributed by atoms with Crippen molar-refractivity contribution in [1.29, 1.82) is 0 Å². The number of hydrogen-bond acceptors (Lipinski definition) is 2. The van der Waals surface area contributed by atoms with Gasteiger partial charge in [0.1, 0.15) is 5.75 Å². The maximum Gasteiger partial charge on any atom is 0.251 e. The van der Waals surface area contributed by atoms with Crippen LogP contribution in [0.5, 0.6) is 5.75 Å². The van der Waals surface area contributed by atoms with Crippen LogP contribution in [0.25, 0.3) is 0 Å². The quantitative estimate of drug-likeness (QED) is 0.477. The fraction of sp³-hybridized carbons (Fsp3) is 0.300. The SMILES string of the molecule is O=C(NCCCBr)c1ccc(I)c(O)c1. The summed E-state index contributed by atoms with van der Waals surface area (Å²) in [6, 6.07) is 4.89. The lowest BCUT2D eigenvalue weighted by atomic mass is 10.2. The molecule has 0 aromatic heterocycles. The summed E-state index contributed by atoms with van der Waals surface area (Å²) in [4.78, 5) is 11.5. The van der Waals surface area contributed by atoms with E-state index in [2.05, 4.69) is 21.2 Å². The van der Waals surface area contributed by atoms with Crippen molar-refractivity contribution in [2.75, 3.05) is 11.9 Å². The van der Waals surface area contributed by atoms with Gasteiger partial charge in [-0.15, -0.1) is 0 Å². The number of carbonyl (C=O) groups excluding carboxylic acids is 1. The van der Waals surface area contributed by atoms with Crippen molar-refractivity contribution >= 4 is 44.4 Å². The van der Waals surface area contributed by atoms with E-state index in [1.54, 1.807) is 12.1 Å².